The fraction of sp³-hybridized carbons (Fsp3) is 0.235. The minimum Gasteiger partial charge on any atom is -0.496 e. The third-order valence-electron chi connectivity index (χ3n) is 3.70. The number of nitro benzene ring substituents is 1. The molecule has 10 heteroatoms. The molecule has 1 aromatic carbocycles. The molecule has 0 unspecified atom stereocenters. The highest BCUT2D eigenvalue weighted by atomic mass is 16.6. The van der Waals surface area contributed by atoms with Crippen LogP contribution in [0, 0.1) is 10.1 Å². The maximum Gasteiger partial charge on any atom is 0.311 e. The number of hydrogen-bond acceptors (Lipinski definition) is 7. The van der Waals surface area contributed by atoms with Crippen LogP contribution >= 0.6 is 0 Å². The van der Waals surface area contributed by atoms with Gasteiger partial charge in [-0.2, -0.15) is 5.10 Å². The highest BCUT2D eigenvalue weighted by Crippen LogP contribution is 2.33. The van der Waals surface area contributed by atoms with E-state index in [0.717, 1.165) is 0 Å². The molecule has 0 saturated carbocycles. The van der Waals surface area contributed by atoms with Gasteiger partial charge < -0.3 is 14.0 Å². The molecule has 1 N–H and O–H groups in total. The minimum atomic E-state index is -0.693. The van der Waals surface area contributed by atoms with Crippen LogP contribution < -0.4 is 20.5 Å². The number of aromatic nitrogens is 1. The number of nitrogens with zero attached hydrogens (tertiary/aromatic N) is 3. The summed E-state index contributed by atoms with van der Waals surface area (Å²) in [7, 11) is 2.69. The predicted molar refractivity (Wildman–Crippen MR) is 97.6 cm³/mol. The lowest BCUT2D eigenvalue weighted by Crippen LogP contribution is -2.30. The van der Waals surface area contributed by atoms with Crippen molar-refractivity contribution in [2.75, 3.05) is 14.2 Å². The molecule has 0 aliphatic heterocycles. The highest BCUT2D eigenvalue weighted by Gasteiger charge is 2.19. The summed E-state index contributed by atoms with van der Waals surface area (Å²) >= 11 is 0. The Balaban J connectivity index is 2.28. The van der Waals surface area contributed by atoms with Gasteiger partial charge in [0.05, 0.1) is 25.4 Å². The average molecular weight is 374 g/mol. The lowest BCUT2D eigenvalue weighted by Gasteiger charge is -2.08. The normalized spacial score (nSPS) is 10.6. The molecule has 1 heterocycles. The van der Waals surface area contributed by atoms with E-state index in [0.29, 0.717) is 6.54 Å². The third kappa shape index (κ3) is 4.29. The molecular weight excluding hydrogens is 356 g/mol. The fourth-order valence-corrected chi connectivity index (χ4v) is 2.33. The van der Waals surface area contributed by atoms with Gasteiger partial charge in [0.25, 0.3) is 11.5 Å². The summed E-state index contributed by atoms with van der Waals surface area (Å²) in [6.45, 7) is 2.21. The summed E-state index contributed by atoms with van der Waals surface area (Å²) in [5, 5.41) is 14.9. The van der Waals surface area contributed by atoms with Crippen molar-refractivity contribution < 1.29 is 19.2 Å². The van der Waals surface area contributed by atoms with Gasteiger partial charge in [-0.3, -0.25) is 19.7 Å². The molecule has 0 saturated heterocycles. The number of nitro groups is 1. The molecule has 0 radical (unpaired) electrons. The van der Waals surface area contributed by atoms with Gasteiger partial charge in [-0.1, -0.05) is 0 Å². The number of carbonyl (C=O) groups excluding carboxylic acids is 1. The zero-order chi connectivity index (χ0) is 20.0. The predicted octanol–water partition coefficient (Wildman–Crippen LogP) is 1.56. The first kappa shape index (κ1) is 19.6. The van der Waals surface area contributed by atoms with E-state index in [9.17, 15) is 19.7 Å². The molecule has 10 nitrogen and oxygen atoms in total. The molecule has 0 bridgehead atoms. The Kier molecular flexibility index (Phi) is 6.26. The topological polar surface area (TPSA) is 125 Å². The van der Waals surface area contributed by atoms with Gasteiger partial charge in [0, 0.05) is 30.4 Å². The van der Waals surface area contributed by atoms with Crippen LogP contribution in [-0.2, 0) is 6.54 Å². The first-order valence-electron chi connectivity index (χ1n) is 7.86. The van der Waals surface area contributed by atoms with Crippen LogP contribution in [0.15, 0.2) is 40.4 Å². The number of carbonyl (C=O) groups is 1. The number of benzene rings is 1. The van der Waals surface area contributed by atoms with Crippen molar-refractivity contribution in [1.29, 1.82) is 0 Å². The van der Waals surface area contributed by atoms with Crippen molar-refractivity contribution >= 4 is 17.8 Å². The lowest BCUT2D eigenvalue weighted by atomic mass is 10.1. The maximum atomic E-state index is 12.2. The molecule has 1 amide bonds. The van der Waals surface area contributed by atoms with Gasteiger partial charge in [0.2, 0.25) is 5.75 Å². The van der Waals surface area contributed by atoms with Crippen molar-refractivity contribution in [3.05, 3.63) is 62.1 Å². The van der Waals surface area contributed by atoms with Crippen LogP contribution in [0.1, 0.15) is 22.8 Å². The minimum absolute atomic E-state index is 0.0300. The molecule has 2 aromatic rings. The van der Waals surface area contributed by atoms with Crippen LogP contribution in [0.4, 0.5) is 5.69 Å². The summed E-state index contributed by atoms with van der Waals surface area (Å²) in [5.74, 6) is -0.396. The second-order valence-corrected chi connectivity index (χ2v) is 5.24. The van der Waals surface area contributed by atoms with E-state index < -0.39 is 16.4 Å². The van der Waals surface area contributed by atoms with E-state index in [1.807, 2.05) is 0 Å². The van der Waals surface area contributed by atoms with Crippen molar-refractivity contribution in [2.24, 2.45) is 5.10 Å². The van der Waals surface area contributed by atoms with Gasteiger partial charge in [0.1, 0.15) is 11.3 Å². The lowest BCUT2D eigenvalue weighted by molar-refractivity contribution is -0.385. The Bertz CT molecular complexity index is 951. The number of ether oxygens (including phenoxy) is 2. The molecule has 2 rings (SSSR count). The molecule has 0 spiro atoms. The van der Waals surface area contributed by atoms with E-state index in [2.05, 4.69) is 10.5 Å². The van der Waals surface area contributed by atoms with E-state index >= 15 is 0 Å². The van der Waals surface area contributed by atoms with Gasteiger partial charge in [0.15, 0.2) is 0 Å². The molecule has 0 fully saturated rings. The Labute approximate surface area is 154 Å². The van der Waals surface area contributed by atoms with Gasteiger partial charge in [-0.05, 0) is 19.1 Å². The smallest absolute Gasteiger partial charge is 0.311 e. The molecular formula is C17H18N4O6. The molecule has 142 valence electrons. The standard InChI is InChI=1S/C17H18N4O6/c1-4-20-7-5-6-12(17(20)23)16(22)19-18-10-11-8-13(21(24)25)15(27-3)9-14(11)26-2/h5-10H,4H2,1-3H3,(H,19,22)/b18-10-. The number of hydrazone groups is 1. The summed E-state index contributed by atoms with van der Waals surface area (Å²) in [4.78, 5) is 34.8. The Morgan fingerprint density at radius 3 is 2.63 bits per heavy atom. The summed E-state index contributed by atoms with van der Waals surface area (Å²) in [5.41, 5.74) is 1.70. The molecule has 0 aliphatic carbocycles. The van der Waals surface area contributed by atoms with Crippen molar-refractivity contribution in [2.45, 2.75) is 13.5 Å². The molecule has 0 aliphatic rings. The van der Waals surface area contributed by atoms with Gasteiger partial charge in [-0.25, -0.2) is 5.43 Å². The number of hydrogen-bond donors (Lipinski definition) is 1. The summed E-state index contributed by atoms with van der Waals surface area (Å²) in [6, 6.07) is 5.52. The van der Waals surface area contributed by atoms with Gasteiger partial charge >= 0.3 is 5.69 Å². The monoisotopic (exact) mass is 374 g/mol. The zero-order valence-electron chi connectivity index (χ0n) is 15.0. The number of rotatable bonds is 7. The maximum absolute atomic E-state index is 12.2. The van der Waals surface area contributed by atoms with Crippen molar-refractivity contribution in [3.63, 3.8) is 0 Å². The van der Waals surface area contributed by atoms with Gasteiger partial charge in [-0.15, -0.1) is 0 Å². The largest absolute Gasteiger partial charge is 0.496 e. The SMILES string of the molecule is CCn1cccc(C(=O)N/N=C\c2cc([N+](=O)[O-])c(OC)cc2OC)c1=O. The van der Waals surface area contributed by atoms with Crippen LogP contribution in [0.3, 0.4) is 0 Å². The van der Waals surface area contributed by atoms with Crippen LogP contribution in [0.2, 0.25) is 0 Å². The second-order valence-electron chi connectivity index (χ2n) is 5.24. The second kappa shape index (κ2) is 8.61. The zero-order valence-corrected chi connectivity index (χ0v) is 15.0. The number of aryl methyl sites for hydroxylation is 1. The Morgan fingerprint density at radius 2 is 2.04 bits per heavy atom. The Morgan fingerprint density at radius 1 is 1.33 bits per heavy atom. The van der Waals surface area contributed by atoms with E-state index in [1.165, 1.54) is 43.2 Å². The summed E-state index contributed by atoms with van der Waals surface area (Å²) < 4.78 is 11.5. The molecule has 0 atom stereocenters. The third-order valence-corrected chi connectivity index (χ3v) is 3.70. The van der Waals surface area contributed by atoms with E-state index in [1.54, 1.807) is 19.2 Å². The highest BCUT2D eigenvalue weighted by molar-refractivity contribution is 5.95. The van der Waals surface area contributed by atoms with Crippen molar-refractivity contribution in [1.82, 2.24) is 9.99 Å². The number of nitrogens with one attached hydrogen (secondary N) is 1. The van der Waals surface area contributed by atoms with Crippen molar-refractivity contribution in [3.8, 4) is 11.5 Å². The first-order chi connectivity index (χ1) is 12.9. The fourth-order valence-electron chi connectivity index (χ4n) is 2.33. The number of methoxy groups -OCH3 is 2. The number of amides is 1. The van der Waals surface area contributed by atoms with E-state index in [4.69, 9.17) is 9.47 Å². The van der Waals surface area contributed by atoms with Crippen LogP contribution in [-0.4, -0.2) is 35.8 Å². The van der Waals surface area contributed by atoms with Crippen LogP contribution in [0.5, 0.6) is 11.5 Å². The first-order valence-corrected chi connectivity index (χ1v) is 7.86. The van der Waals surface area contributed by atoms with Crippen LogP contribution in [0.25, 0.3) is 0 Å². The Hall–Kier alpha value is -3.69. The molecule has 27 heavy (non-hydrogen) atoms. The summed E-state index contributed by atoms with van der Waals surface area (Å²) in [6.07, 6.45) is 2.76. The molecule has 1 aromatic heterocycles. The number of pyridine rings is 1. The quantitative estimate of drug-likeness (QED) is 0.445. The average Bonchev–Trinajstić information content (AvgIpc) is 2.67. The van der Waals surface area contributed by atoms with E-state index in [-0.39, 0.29) is 28.3 Å².